The van der Waals surface area contributed by atoms with Crippen LogP contribution in [0.25, 0.3) is 0 Å². The third-order valence-corrected chi connectivity index (χ3v) is 4.30. The zero-order chi connectivity index (χ0) is 22.9. The van der Waals surface area contributed by atoms with E-state index >= 15 is 0 Å². The van der Waals surface area contributed by atoms with Gasteiger partial charge in [-0.15, -0.1) is 0 Å². The number of aromatic nitrogens is 1. The average molecular weight is 443 g/mol. The summed E-state index contributed by atoms with van der Waals surface area (Å²) in [5.41, 5.74) is -1.75. The molecule has 4 nitrogen and oxygen atoms in total. The quantitative estimate of drug-likeness (QED) is 0.232. The zero-order valence-corrected chi connectivity index (χ0v) is 17.0. The molecule has 0 saturated heterocycles. The fourth-order valence-corrected chi connectivity index (χ4v) is 2.15. The van der Waals surface area contributed by atoms with Crippen LogP contribution in [0, 0.1) is 23.7 Å². The number of hydrogen-bond acceptors (Lipinski definition) is 3. The molecule has 0 spiro atoms. The van der Waals surface area contributed by atoms with Crippen LogP contribution in [0.2, 0.25) is 0 Å². The molecule has 2 aromatic carbocycles. The van der Waals surface area contributed by atoms with Gasteiger partial charge in [-0.05, 0) is 30.3 Å². The van der Waals surface area contributed by atoms with Gasteiger partial charge in [0.1, 0.15) is 7.05 Å². The van der Waals surface area contributed by atoms with Gasteiger partial charge in [0.15, 0.2) is 10.1 Å². The molecule has 0 aliphatic rings. The highest BCUT2D eigenvalue weighted by Gasteiger charge is 2.36. The van der Waals surface area contributed by atoms with Crippen molar-refractivity contribution in [3.05, 3.63) is 101 Å². The van der Waals surface area contributed by atoms with Crippen molar-refractivity contribution >= 4 is 10.1 Å². The van der Waals surface area contributed by atoms with Crippen LogP contribution in [0.4, 0.5) is 13.2 Å². The Morgan fingerprint density at radius 3 is 1.39 bits per heavy atom. The van der Waals surface area contributed by atoms with Crippen LogP contribution < -0.4 is 4.57 Å². The second-order valence-corrected chi connectivity index (χ2v) is 7.36. The molecular formula is C23H16F3NO3S. The van der Waals surface area contributed by atoms with Crippen molar-refractivity contribution in [1.29, 1.82) is 0 Å². The maximum Gasteiger partial charge on any atom is 0.485 e. The molecule has 1 heterocycles. The molecular weight excluding hydrogens is 427 g/mol. The van der Waals surface area contributed by atoms with Crippen LogP contribution in [-0.4, -0.2) is 18.5 Å². The van der Waals surface area contributed by atoms with Crippen LogP contribution >= 0.6 is 0 Å². The summed E-state index contributed by atoms with van der Waals surface area (Å²) in [5, 5.41) is 0. The molecule has 3 aromatic rings. The largest absolute Gasteiger partial charge is 0.741 e. The first-order valence-corrected chi connectivity index (χ1v) is 10.1. The highest BCUT2D eigenvalue weighted by molar-refractivity contribution is 7.86. The van der Waals surface area contributed by atoms with Gasteiger partial charge in [-0.25, -0.2) is 8.42 Å². The lowest BCUT2D eigenvalue weighted by atomic mass is 10.2. The van der Waals surface area contributed by atoms with Crippen molar-refractivity contribution in [1.82, 2.24) is 0 Å². The molecule has 0 aliphatic carbocycles. The molecule has 0 radical (unpaired) electrons. The van der Waals surface area contributed by atoms with Gasteiger partial charge >= 0.3 is 5.51 Å². The highest BCUT2D eigenvalue weighted by atomic mass is 32.2. The smallest absolute Gasteiger partial charge is 0.485 e. The number of nitrogens with zero attached hydrogens (tertiary/aromatic N) is 1. The number of pyridine rings is 1. The number of alkyl halides is 3. The van der Waals surface area contributed by atoms with E-state index < -0.39 is 15.6 Å². The number of rotatable bonds is 0. The van der Waals surface area contributed by atoms with Crippen molar-refractivity contribution < 1.29 is 30.7 Å². The fourth-order valence-electron chi connectivity index (χ4n) is 2.15. The molecule has 0 fully saturated rings. The van der Waals surface area contributed by atoms with Gasteiger partial charge in [-0.1, -0.05) is 48.2 Å². The Balaban J connectivity index is 0.000000366. The van der Waals surface area contributed by atoms with E-state index in [-0.39, 0.29) is 0 Å². The molecule has 0 atom stereocenters. The minimum absolute atomic E-state index is 0.939. The Morgan fingerprint density at radius 2 is 1.06 bits per heavy atom. The summed E-state index contributed by atoms with van der Waals surface area (Å²) in [4.78, 5) is 0. The summed E-state index contributed by atoms with van der Waals surface area (Å²) in [5.74, 6) is 12.8. The molecule has 0 unspecified atom stereocenters. The monoisotopic (exact) mass is 443 g/mol. The molecule has 158 valence electrons. The third kappa shape index (κ3) is 7.63. The molecule has 1 aromatic heterocycles. The minimum atomic E-state index is -6.09. The fraction of sp³-hybridized carbons (Fsp3) is 0.0870. The van der Waals surface area contributed by atoms with Crippen molar-refractivity contribution in [2.45, 2.75) is 5.51 Å². The maximum absolute atomic E-state index is 10.7. The molecule has 0 aliphatic heterocycles. The summed E-state index contributed by atoms with van der Waals surface area (Å²) in [7, 11) is -4.10. The molecule has 0 bridgehead atoms. The van der Waals surface area contributed by atoms with E-state index in [4.69, 9.17) is 13.0 Å². The Hall–Kier alpha value is -3.59. The minimum Gasteiger partial charge on any atom is -0.741 e. The van der Waals surface area contributed by atoms with E-state index in [0.717, 1.165) is 22.5 Å². The van der Waals surface area contributed by atoms with E-state index in [1.807, 2.05) is 90.5 Å². The van der Waals surface area contributed by atoms with E-state index in [1.54, 1.807) is 0 Å². The van der Waals surface area contributed by atoms with Crippen LogP contribution in [0.1, 0.15) is 22.5 Å². The Morgan fingerprint density at radius 1 is 0.710 bits per heavy atom. The second kappa shape index (κ2) is 10.4. The van der Waals surface area contributed by atoms with Crippen LogP contribution in [0.3, 0.4) is 0 Å². The first-order valence-electron chi connectivity index (χ1n) is 8.73. The van der Waals surface area contributed by atoms with Gasteiger partial charge < -0.3 is 4.55 Å². The lowest BCUT2D eigenvalue weighted by Crippen LogP contribution is -2.36. The topological polar surface area (TPSA) is 61.1 Å². The Bertz CT molecular complexity index is 1170. The van der Waals surface area contributed by atoms with Crippen molar-refractivity contribution in [3.8, 4) is 23.7 Å². The van der Waals surface area contributed by atoms with E-state index in [9.17, 15) is 13.2 Å². The summed E-state index contributed by atoms with van der Waals surface area (Å²) in [6.45, 7) is 0. The third-order valence-electron chi connectivity index (χ3n) is 3.73. The SMILES string of the molecule is C[n+]1c(C#Cc2ccccc2)cccc1C#Cc1ccccc1.O=S(=O)([O-])C(F)(F)F. The van der Waals surface area contributed by atoms with Crippen molar-refractivity contribution in [2.24, 2.45) is 7.05 Å². The van der Waals surface area contributed by atoms with Crippen LogP contribution in [0.15, 0.2) is 78.9 Å². The second-order valence-electron chi connectivity index (χ2n) is 5.99. The van der Waals surface area contributed by atoms with Crippen LogP contribution in [-0.2, 0) is 17.2 Å². The predicted octanol–water partition coefficient (Wildman–Crippen LogP) is 3.36. The number of benzene rings is 2. The first kappa shape index (κ1) is 23.7. The van der Waals surface area contributed by atoms with Gasteiger partial charge in [-0.3, -0.25) is 0 Å². The summed E-state index contributed by atoms with van der Waals surface area (Å²) in [6.07, 6.45) is 0. The lowest BCUT2D eigenvalue weighted by Gasteiger charge is -2.08. The average Bonchev–Trinajstić information content (AvgIpc) is 2.73. The van der Waals surface area contributed by atoms with E-state index in [1.165, 1.54) is 0 Å². The van der Waals surface area contributed by atoms with Gasteiger partial charge in [0.2, 0.25) is 0 Å². The van der Waals surface area contributed by atoms with E-state index in [2.05, 4.69) is 23.7 Å². The molecule has 8 heteroatoms. The first-order chi connectivity index (χ1) is 14.6. The zero-order valence-electron chi connectivity index (χ0n) is 16.2. The lowest BCUT2D eigenvalue weighted by molar-refractivity contribution is -0.676. The molecule has 3 rings (SSSR count). The van der Waals surface area contributed by atoms with Crippen molar-refractivity contribution in [3.63, 3.8) is 0 Å². The standard InChI is InChI=1S/C22H16N.CHF3O3S/c1-23-21(17-15-19-9-4-2-5-10-19)13-8-14-22(23)18-16-20-11-6-3-7-12-20;2-1(3,4)8(5,6)7/h2-14H,1H3;(H,5,6,7)/q+1;/p-1. The van der Waals surface area contributed by atoms with Gasteiger partial charge in [-0.2, -0.15) is 17.7 Å². The normalized spacial score (nSPS) is 10.5. The summed E-state index contributed by atoms with van der Waals surface area (Å²) in [6, 6.07) is 26.0. The Labute approximate surface area is 178 Å². The van der Waals surface area contributed by atoms with Gasteiger partial charge in [0.25, 0.3) is 11.4 Å². The van der Waals surface area contributed by atoms with Gasteiger partial charge in [0, 0.05) is 35.1 Å². The van der Waals surface area contributed by atoms with Crippen LogP contribution in [0.5, 0.6) is 0 Å². The molecule has 0 amide bonds. The van der Waals surface area contributed by atoms with Gasteiger partial charge in [0.05, 0.1) is 0 Å². The number of hydrogen-bond donors (Lipinski definition) is 0. The maximum atomic E-state index is 10.7. The highest BCUT2D eigenvalue weighted by Crippen LogP contribution is 2.20. The number of halogens is 3. The Kier molecular flexibility index (Phi) is 7.98. The molecule has 0 N–H and O–H groups in total. The molecule has 0 saturated carbocycles. The summed E-state index contributed by atoms with van der Waals surface area (Å²) >= 11 is 0. The van der Waals surface area contributed by atoms with E-state index in [0.29, 0.717) is 0 Å². The summed E-state index contributed by atoms with van der Waals surface area (Å²) < 4.78 is 60.9. The molecule has 31 heavy (non-hydrogen) atoms. The van der Waals surface area contributed by atoms with Crippen molar-refractivity contribution in [2.75, 3.05) is 0 Å². The predicted molar refractivity (Wildman–Crippen MR) is 108 cm³/mol.